The number of aliphatic hydroxyl groups excluding tert-OH is 1. The van der Waals surface area contributed by atoms with E-state index < -0.39 is 17.7 Å². The summed E-state index contributed by atoms with van der Waals surface area (Å²) in [5, 5.41) is 11.6. The summed E-state index contributed by atoms with van der Waals surface area (Å²) in [4.78, 5) is 32.7. The fourth-order valence-electron chi connectivity index (χ4n) is 4.19. The number of ketones is 1. The molecule has 1 aliphatic rings. The molecule has 1 atom stereocenters. The molecule has 1 fully saturated rings. The molecule has 5 rings (SSSR count). The van der Waals surface area contributed by atoms with Gasteiger partial charge in [0.1, 0.15) is 11.5 Å². The Labute approximate surface area is 200 Å². The number of hydrogen-bond acceptors (Lipinski definition) is 6. The second-order valence-electron chi connectivity index (χ2n) is 7.96. The van der Waals surface area contributed by atoms with Crippen molar-refractivity contribution in [2.75, 3.05) is 12.0 Å². The topological polar surface area (TPSA) is 79.7 Å². The zero-order valence-corrected chi connectivity index (χ0v) is 19.5. The molecule has 0 aliphatic carbocycles. The maximum Gasteiger partial charge on any atom is 0.301 e. The Morgan fingerprint density at radius 2 is 1.85 bits per heavy atom. The quantitative estimate of drug-likeness (QED) is 0.237. The Balaban J connectivity index is 1.73. The van der Waals surface area contributed by atoms with Crippen molar-refractivity contribution in [3.05, 3.63) is 95.1 Å². The molecule has 6 nitrogen and oxygen atoms in total. The number of fused-ring (bicyclic) bond motifs is 1. The van der Waals surface area contributed by atoms with Crippen LogP contribution in [0.5, 0.6) is 5.75 Å². The maximum absolute atomic E-state index is 13.4. The van der Waals surface area contributed by atoms with E-state index in [1.54, 1.807) is 49.6 Å². The number of aromatic nitrogens is 1. The number of ether oxygens (including phenoxy) is 1. The summed E-state index contributed by atoms with van der Waals surface area (Å²) in [6.45, 7) is 2.08. The van der Waals surface area contributed by atoms with Crippen LogP contribution in [0.2, 0.25) is 0 Å². The van der Waals surface area contributed by atoms with Crippen molar-refractivity contribution in [2.24, 2.45) is 0 Å². The van der Waals surface area contributed by atoms with Crippen molar-refractivity contribution in [1.29, 1.82) is 0 Å². The normalized spacial score (nSPS) is 17.5. The zero-order chi connectivity index (χ0) is 23.8. The van der Waals surface area contributed by atoms with Gasteiger partial charge in [-0.15, -0.1) is 0 Å². The lowest BCUT2D eigenvalue weighted by Gasteiger charge is -2.23. The van der Waals surface area contributed by atoms with E-state index >= 15 is 0 Å². The summed E-state index contributed by atoms with van der Waals surface area (Å²) in [6, 6.07) is 21.1. The van der Waals surface area contributed by atoms with Gasteiger partial charge in [0.15, 0.2) is 5.13 Å². The van der Waals surface area contributed by atoms with Gasteiger partial charge in [0.25, 0.3) is 5.78 Å². The Hall–Kier alpha value is -3.97. The summed E-state index contributed by atoms with van der Waals surface area (Å²) >= 11 is 1.35. The first kappa shape index (κ1) is 21.9. The molecule has 1 saturated heterocycles. The lowest BCUT2D eigenvalue weighted by atomic mass is 9.95. The van der Waals surface area contributed by atoms with Gasteiger partial charge in [-0.05, 0) is 41.8 Å². The standard InChI is InChI=1S/C27H22N2O4S/c1-3-16-12-13-20-21(14-16)34-27(28-20)29-23(18-10-7-11-19(15-18)33-2)22(25(31)26(29)32)24(30)17-8-5-4-6-9-17/h4-15,23,30H,3H2,1-2H3/t23-/m1/s1. The van der Waals surface area contributed by atoms with Crippen LogP contribution in [0.3, 0.4) is 0 Å². The lowest BCUT2D eigenvalue weighted by Crippen LogP contribution is -2.29. The minimum Gasteiger partial charge on any atom is -0.507 e. The average molecular weight is 471 g/mol. The molecule has 170 valence electrons. The summed E-state index contributed by atoms with van der Waals surface area (Å²) < 4.78 is 6.32. The molecule has 1 amide bonds. The van der Waals surface area contributed by atoms with Crippen LogP contribution in [0, 0.1) is 0 Å². The first-order valence-corrected chi connectivity index (χ1v) is 11.7. The fourth-order valence-corrected chi connectivity index (χ4v) is 5.24. The minimum absolute atomic E-state index is 0.0259. The average Bonchev–Trinajstić information content (AvgIpc) is 3.41. The van der Waals surface area contributed by atoms with Crippen molar-refractivity contribution in [3.63, 3.8) is 0 Å². The third-order valence-corrected chi connectivity index (χ3v) is 6.97. The van der Waals surface area contributed by atoms with Gasteiger partial charge in [0.05, 0.1) is 28.9 Å². The highest BCUT2D eigenvalue weighted by Gasteiger charge is 2.48. The van der Waals surface area contributed by atoms with Crippen LogP contribution in [0.25, 0.3) is 16.0 Å². The molecule has 34 heavy (non-hydrogen) atoms. The first-order chi connectivity index (χ1) is 16.5. The summed E-state index contributed by atoms with van der Waals surface area (Å²) in [6.07, 6.45) is 0.884. The number of thiazole rings is 1. The Morgan fingerprint density at radius 1 is 1.06 bits per heavy atom. The van der Waals surface area contributed by atoms with Crippen LogP contribution in [0.1, 0.15) is 29.7 Å². The highest BCUT2D eigenvalue weighted by Crippen LogP contribution is 2.44. The van der Waals surface area contributed by atoms with Crippen molar-refractivity contribution in [2.45, 2.75) is 19.4 Å². The fraction of sp³-hybridized carbons (Fsp3) is 0.148. The summed E-state index contributed by atoms with van der Waals surface area (Å²) in [7, 11) is 1.55. The number of rotatable bonds is 5. The van der Waals surface area contributed by atoms with E-state index in [0.29, 0.717) is 22.0 Å². The smallest absolute Gasteiger partial charge is 0.301 e. The van der Waals surface area contributed by atoms with Gasteiger partial charge in [0, 0.05) is 5.56 Å². The number of aliphatic hydroxyl groups is 1. The number of amides is 1. The monoisotopic (exact) mass is 470 g/mol. The number of anilines is 1. The number of methoxy groups -OCH3 is 1. The van der Waals surface area contributed by atoms with E-state index in [0.717, 1.165) is 22.2 Å². The molecular weight excluding hydrogens is 448 g/mol. The molecule has 4 aromatic rings. The van der Waals surface area contributed by atoms with E-state index in [1.165, 1.54) is 16.2 Å². The molecule has 1 aromatic heterocycles. The van der Waals surface area contributed by atoms with Crippen LogP contribution >= 0.6 is 11.3 Å². The van der Waals surface area contributed by atoms with E-state index in [9.17, 15) is 14.7 Å². The predicted molar refractivity (Wildman–Crippen MR) is 133 cm³/mol. The van der Waals surface area contributed by atoms with Crippen LogP contribution in [-0.2, 0) is 16.0 Å². The third kappa shape index (κ3) is 3.64. The Kier molecular flexibility index (Phi) is 5.63. The van der Waals surface area contributed by atoms with Gasteiger partial charge in [-0.2, -0.15) is 0 Å². The molecule has 0 radical (unpaired) electrons. The van der Waals surface area contributed by atoms with Gasteiger partial charge in [-0.1, -0.05) is 66.8 Å². The van der Waals surface area contributed by atoms with Gasteiger partial charge >= 0.3 is 5.91 Å². The van der Waals surface area contributed by atoms with Crippen molar-refractivity contribution >= 4 is 44.1 Å². The van der Waals surface area contributed by atoms with Gasteiger partial charge in [-0.3, -0.25) is 14.5 Å². The van der Waals surface area contributed by atoms with E-state index in [2.05, 4.69) is 18.0 Å². The summed E-state index contributed by atoms with van der Waals surface area (Å²) in [5.41, 5.74) is 3.05. The number of carbonyl (C=O) groups excluding carboxylic acids is 2. The molecule has 7 heteroatoms. The second kappa shape index (κ2) is 8.76. The van der Waals surface area contributed by atoms with Crippen molar-refractivity contribution < 1.29 is 19.4 Å². The Bertz CT molecular complexity index is 1440. The SMILES string of the molecule is CCc1ccc2nc(N3C(=O)C(=O)C(=C(O)c4ccccc4)[C@H]3c3cccc(OC)c3)sc2c1. The van der Waals surface area contributed by atoms with Crippen LogP contribution in [0.15, 0.2) is 78.4 Å². The summed E-state index contributed by atoms with van der Waals surface area (Å²) in [5.74, 6) is -1.11. The molecule has 0 spiro atoms. The maximum atomic E-state index is 13.4. The molecule has 3 aromatic carbocycles. The number of carbonyl (C=O) groups is 2. The molecule has 2 heterocycles. The van der Waals surface area contributed by atoms with Crippen LogP contribution in [0.4, 0.5) is 5.13 Å². The molecule has 0 saturated carbocycles. The molecule has 1 aliphatic heterocycles. The second-order valence-corrected chi connectivity index (χ2v) is 8.97. The zero-order valence-electron chi connectivity index (χ0n) is 18.7. The van der Waals surface area contributed by atoms with Crippen LogP contribution < -0.4 is 9.64 Å². The third-order valence-electron chi connectivity index (χ3n) is 5.96. The van der Waals surface area contributed by atoms with Gasteiger partial charge < -0.3 is 9.84 Å². The predicted octanol–water partition coefficient (Wildman–Crippen LogP) is 5.49. The van der Waals surface area contributed by atoms with Gasteiger partial charge in [0.2, 0.25) is 0 Å². The van der Waals surface area contributed by atoms with E-state index in [4.69, 9.17) is 4.74 Å². The van der Waals surface area contributed by atoms with Crippen molar-refractivity contribution in [3.8, 4) is 5.75 Å². The number of aryl methyl sites for hydroxylation is 1. The van der Waals surface area contributed by atoms with E-state index in [-0.39, 0.29) is 11.3 Å². The number of hydrogen-bond donors (Lipinski definition) is 1. The highest BCUT2D eigenvalue weighted by atomic mass is 32.1. The van der Waals surface area contributed by atoms with Crippen molar-refractivity contribution in [1.82, 2.24) is 4.98 Å². The Morgan fingerprint density at radius 3 is 2.59 bits per heavy atom. The molecule has 0 unspecified atom stereocenters. The van der Waals surface area contributed by atoms with E-state index in [1.807, 2.05) is 24.3 Å². The molecular formula is C27H22N2O4S. The lowest BCUT2D eigenvalue weighted by molar-refractivity contribution is -0.132. The first-order valence-electron chi connectivity index (χ1n) is 10.9. The minimum atomic E-state index is -0.846. The highest BCUT2D eigenvalue weighted by molar-refractivity contribution is 7.22. The number of benzene rings is 3. The van der Waals surface area contributed by atoms with Crippen LogP contribution in [-0.4, -0.2) is 28.9 Å². The molecule has 0 bridgehead atoms. The number of nitrogens with zero attached hydrogens (tertiary/aromatic N) is 2. The van der Waals surface area contributed by atoms with Gasteiger partial charge in [-0.25, -0.2) is 4.98 Å². The number of Topliss-reactive ketones (excluding diaryl/α,β-unsaturated/α-hetero) is 1. The largest absolute Gasteiger partial charge is 0.507 e. The molecule has 1 N–H and O–H groups in total.